The van der Waals surface area contributed by atoms with Gasteiger partial charge in [-0.1, -0.05) is 6.92 Å². The zero-order chi connectivity index (χ0) is 23.8. The van der Waals surface area contributed by atoms with Gasteiger partial charge in [0.1, 0.15) is 0 Å². The van der Waals surface area contributed by atoms with E-state index in [4.69, 9.17) is 20.1 Å². The van der Waals surface area contributed by atoms with Gasteiger partial charge in [0.05, 0.1) is 13.1 Å². The summed E-state index contributed by atoms with van der Waals surface area (Å²) in [6.07, 6.45) is 0.300. The zero-order valence-corrected chi connectivity index (χ0v) is 20.7. The standard InChI is InChI=1S/C18H34N5O5.CH2O2.H2O.V/c1-4-21-7-8-23(14-18(27)28)10-9-22(13-17(25)26)6-5-20(3)15(12-21)11-16(24)19-2;2-1-3;;/h15H,3-14H2,1-2H3,(H,19,24)(H,25,26)(H,27,28);1H,(H,2,3);1H2;/q-1;;;. The maximum Gasteiger partial charge on any atom is 0.317 e. The number of amides is 1. The van der Waals surface area contributed by atoms with Crippen molar-refractivity contribution in [2.45, 2.75) is 19.4 Å². The molecule has 1 aliphatic rings. The second-order valence-corrected chi connectivity index (χ2v) is 7.18. The van der Waals surface area contributed by atoms with Crippen molar-refractivity contribution < 1.29 is 58.5 Å². The topological polar surface area (TPSA) is 185 Å². The van der Waals surface area contributed by atoms with Crippen LogP contribution in [0.15, 0.2) is 0 Å². The molecule has 1 unspecified atom stereocenters. The van der Waals surface area contributed by atoms with E-state index >= 15 is 0 Å². The Labute approximate surface area is 206 Å². The zero-order valence-electron chi connectivity index (χ0n) is 19.4. The van der Waals surface area contributed by atoms with E-state index in [1.165, 1.54) is 0 Å². The monoisotopic (exact) mass is 515 g/mol. The van der Waals surface area contributed by atoms with Gasteiger partial charge < -0.3 is 35.9 Å². The number of nitrogens with zero attached hydrogens (tertiary/aromatic N) is 4. The van der Waals surface area contributed by atoms with Gasteiger partial charge in [-0.05, 0) is 13.1 Å². The summed E-state index contributed by atoms with van der Waals surface area (Å²) < 4.78 is 0. The van der Waals surface area contributed by atoms with Crippen LogP contribution in [0.1, 0.15) is 13.3 Å². The smallest absolute Gasteiger partial charge is 0.317 e. The SMILES string of the molecule is O.O=CO.[CH2-]N1CCN(CC(=O)O)CCN(CC(=O)O)CCN(CC)CC1CC(=O)NC.[V]. The third-order valence-corrected chi connectivity index (χ3v) is 5.02. The van der Waals surface area contributed by atoms with Crippen LogP contribution in [0.3, 0.4) is 0 Å². The maximum atomic E-state index is 11.9. The Kier molecular flexibility index (Phi) is 22.6. The number of carboxylic acid groups (broad SMARTS) is 3. The molecule has 0 saturated carbocycles. The van der Waals surface area contributed by atoms with Gasteiger partial charge in [0.25, 0.3) is 6.47 Å². The fourth-order valence-corrected chi connectivity index (χ4v) is 3.24. The molecule has 193 valence electrons. The van der Waals surface area contributed by atoms with Crippen molar-refractivity contribution in [1.29, 1.82) is 0 Å². The third-order valence-electron chi connectivity index (χ3n) is 5.02. The molecule has 0 aromatic heterocycles. The Hall–Kier alpha value is -1.74. The molecule has 1 radical (unpaired) electrons. The Balaban J connectivity index is -0.00000170. The van der Waals surface area contributed by atoms with Crippen LogP contribution in [-0.4, -0.2) is 143 Å². The molecule has 0 aromatic rings. The van der Waals surface area contributed by atoms with Crippen molar-refractivity contribution in [3.8, 4) is 0 Å². The third kappa shape index (κ3) is 17.4. The minimum Gasteiger partial charge on any atom is -0.483 e. The average molecular weight is 515 g/mol. The van der Waals surface area contributed by atoms with Gasteiger partial charge in [-0.2, -0.15) is 0 Å². The van der Waals surface area contributed by atoms with Crippen LogP contribution in [0.25, 0.3) is 0 Å². The van der Waals surface area contributed by atoms with Crippen LogP contribution < -0.4 is 5.32 Å². The normalized spacial score (nSPS) is 19.2. The number of hydrogen-bond acceptors (Lipinski definition) is 8. The maximum absolute atomic E-state index is 11.9. The molecule has 1 amide bonds. The van der Waals surface area contributed by atoms with E-state index in [9.17, 15) is 14.4 Å². The van der Waals surface area contributed by atoms with Gasteiger partial charge in [0.15, 0.2) is 0 Å². The Morgan fingerprint density at radius 3 is 1.73 bits per heavy atom. The van der Waals surface area contributed by atoms with Crippen LogP contribution in [-0.2, 0) is 37.7 Å². The number of aliphatic carboxylic acids is 2. The van der Waals surface area contributed by atoms with Crippen LogP contribution in [0.2, 0.25) is 0 Å². The predicted octanol–water partition coefficient (Wildman–Crippen LogP) is -2.43. The van der Waals surface area contributed by atoms with Gasteiger partial charge in [-0.3, -0.25) is 36.0 Å². The van der Waals surface area contributed by atoms with E-state index in [-0.39, 0.29) is 55.5 Å². The summed E-state index contributed by atoms with van der Waals surface area (Å²) in [7, 11) is 5.69. The summed E-state index contributed by atoms with van der Waals surface area (Å²) >= 11 is 0. The first-order valence-corrected chi connectivity index (χ1v) is 10.1. The van der Waals surface area contributed by atoms with E-state index in [0.717, 1.165) is 6.54 Å². The first kappa shape index (κ1) is 35.8. The van der Waals surface area contributed by atoms with Crippen molar-refractivity contribution >= 4 is 24.3 Å². The van der Waals surface area contributed by atoms with E-state index in [1.807, 2.05) is 16.7 Å². The molecule has 1 aliphatic heterocycles. The van der Waals surface area contributed by atoms with Crippen LogP contribution >= 0.6 is 0 Å². The summed E-state index contributed by atoms with van der Waals surface area (Å²) in [6.45, 7) is 6.17. The summed E-state index contributed by atoms with van der Waals surface area (Å²) in [6, 6.07) is -0.112. The van der Waals surface area contributed by atoms with Gasteiger partial charge in [-0.25, -0.2) is 0 Å². The van der Waals surface area contributed by atoms with E-state index in [2.05, 4.69) is 17.3 Å². The van der Waals surface area contributed by atoms with E-state index < -0.39 is 11.9 Å². The number of carbonyl (C=O) groups excluding carboxylic acids is 1. The molecule has 1 fully saturated rings. The average Bonchev–Trinajstić information content (AvgIpc) is 2.70. The summed E-state index contributed by atoms with van der Waals surface area (Å²) in [5.74, 6) is -1.90. The fourth-order valence-electron chi connectivity index (χ4n) is 3.24. The molecular formula is C19H38N5O8V-. The molecule has 0 aromatic carbocycles. The summed E-state index contributed by atoms with van der Waals surface area (Å²) in [5, 5.41) is 27.9. The van der Waals surface area contributed by atoms with Gasteiger partial charge in [-0.15, -0.1) is 0 Å². The van der Waals surface area contributed by atoms with Gasteiger partial charge >= 0.3 is 11.9 Å². The van der Waals surface area contributed by atoms with Crippen LogP contribution in [0, 0.1) is 7.05 Å². The molecule has 1 atom stereocenters. The largest absolute Gasteiger partial charge is 0.483 e. The Bertz CT molecular complexity index is 572. The van der Waals surface area contributed by atoms with Crippen LogP contribution in [0.4, 0.5) is 0 Å². The van der Waals surface area contributed by atoms with Crippen molar-refractivity contribution in [2.24, 2.45) is 0 Å². The molecule has 1 saturated heterocycles. The number of nitrogens with one attached hydrogen (secondary N) is 1. The molecular weight excluding hydrogens is 477 g/mol. The van der Waals surface area contributed by atoms with Crippen LogP contribution in [0.5, 0.6) is 0 Å². The van der Waals surface area contributed by atoms with Crippen molar-refractivity contribution in [2.75, 3.05) is 72.5 Å². The number of rotatable bonds is 7. The second kappa shape index (κ2) is 20.8. The fraction of sp³-hybridized carbons (Fsp3) is 0.737. The molecule has 1 rings (SSSR count). The van der Waals surface area contributed by atoms with Gasteiger partial charge in [0.2, 0.25) is 5.91 Å². The number of carbonyl (C=O) groups is 4. The van der Waals surface area contributed by atoms with Crippen molar-refractivity contribution in [1.82, 2.24) is 24.9 Å². The van der Waals surface area contributed by atoms with Crippen molar-refractivity contribution in [3.63, 3.8) is 0 Å². The Morgan fingerprint density at radius 2 is 1.36 bits per heavy atom. The first-order valence-electron chi connectivity index (χ1n) is 10.1. The molecule has 1 heterocycles. The van der Waals surface area contributed by atoms with E-state index in [0.29, 0.717) is 52.2 Å². The number of likely N-dealkylation sites (N-methyl/N-ethyl adjacent to an activating group) is 1. The number of hydrogen-bond donors (Lipinski definition) is 4. The molecule has 0 bridgehead atoms. The minimum absolute atomic E-state index is 0. The minimum atomic E-state index is -0.924. The summed E-state index contributed by atoms with van der Waals surface area (Å²) in [5.41, 5.74) is 0. The second-order valence-electron chi connectivity index (χ2n) is 7.18. The Morgan fingerprint density at radius 1 is 0.970 bits per heavy atom. The number of carboxylic acids is 2. The molecule has 6 N–H and O–H groups in total. The van der Waals surface area contributed by atoms with E-state index in [1.54, 1.807) is 11.9 Å². The molecule has 33 heavy (non-hydrogen) atoms. The molecule has 14 heteroatoms. The van der Waals surface area contributed by atoms with Gasteiger partial charge in [0, 0.05) is 77.3 Å². The predicted molar refractivity (Wildman–Crippen MR) is 117 cm³/mol. The molecule has 0 aliphatic carbocycles. The molecule has 0 spiro atoms. The quantitative estimate of drug-likeness (QED) is 0.209. The van der Waals surface area contributed by atoms with Crippen molar-refractivity contribution in [3.05, 3.63) is 7.05 Å². The molecule has 13 nitrogen and oxygen atoms in total. The first-order chi connectivity index (χ1) is 14.7. The summed E-state index contributed by atoms with van der Waals surface area (Å²) in [4.78, 5) is 50.3.